The minimum absolute atomic E-state index is 0.0980. The highest BCUT2D eigenvalue weighted by Gasteiger charge is 2.56. The molecule has 1 aromatic carbocycles. The fraction of sp³-hybridized carbons (Fsp3) is 0.318. The Morgan fingerprint density at radius 3 is 2.71 bits per heavy atom. The first-order chi connectivity index (χ1) is 15.0. The van der Waals surface area contributed by atoms with Crippen molar-refractivity contribution in [3.63, 3.8) is 0 Å². The van der Waals surface area contributed by atoms with E-state index in [2.05, 4.69) is 10.9 Å². The molecule has 1 saturated heterocycles. The molecule has 2 amide bonds. The van der Waals surface area contributed by atoms with Crippen LogP contribution in [0.2, 0.25) is 0 Å². The van der Waals surface area contributed by atoms with Crippen LogP contribution in [0.5, 0.6) is 5.75 Å². The maximum atomic E-state index is 13.6. The molecule has 2 aliphatic heterocycles. The maximum Gasteiger partial charge on any atom is 0.272 e. The molecule has 4 heterocycles. The number of carbonyl (C=O) groups excluding carboxylic acids is 2. The maximum absolute atomic E-state index is 13.6. The summed E-state index contributed by atoms with van der Waals surface area (Å²) in [4.78, 5) is 30.7. The van der Waals surface area contributed by atoms with Crippen LogP contribution in [0.4, 0.5) is 0 Å². The summed E-state index contributed by atoms with van der Waals surface area (Å²) in [6.45, 7) is 3.60. The van der Waals surface area contributed by atoms with E-state index in [1.54, 1.807) is 23.8 Å². The van der Waals surface area contributed by atoms with E-state index in [1.807, 2.05) is 41.1 Å². The van der Waals surface area contributed by atoms with Crippen LogP contribution in [0, 0.1) is 6.92 Å². The third kappa shape index (κ3) is 2.70. The van der Waals surface area contributed by atoms with Crippen molar-refractivity contribution in [1.82, 2.24) is 19.5 Å². The molecule has 31 heavy (non-hydrogen) atoms. The van der Waals surface area contributed by atoms with Crippen LogP contribution in [0.25, 0.3) is 0 Å². The minimum Gasteiger partial charge on any atom is -0.497 e. The standard InChI is InChI=1S/C22H23N5O4/c1-14-18(12-31-24-14)20(28)26-7-8-27-21(29)19-9-15(10-23)11-25(19)13-22(26,27)16-3-5-17(30-2)6-4-16/h3-6,9,11-12H,7-8,10,13,23H2,1-2H3/p+1. The normalized spacial score (nSPS) is 20.0. The molecular weight excluding hydrogens is 398 g/mol. The number of fused-ring (bicyclic) bond motifs is 2. The summed E-state index contributed by atoms with van der Waals surface area (Å²) in [5, 5.41) is 3.86. The average Bonchev–Trinajstić information content (AvgIpc) is 3.50. The largest absolute Gasteiger partial charge is 0.497 e. The summed E-state index contributed by atoms with van der Waals surface area (Å²) in [6.07, 6.45) is 3.32. The number of nitrogens with zero attached hydrogens (tertiary/aromatic N) is 4. The number of hydrogen-bond acceptors (Lipinski definition) is 5. The summed E-state index contributed by atoms with van der Waals surface area (Å²) >= 11 is 0. The van der Waals surface area contributed by atoms with Crippen molar-refractivity contribution in [1.29, 1.82) is 0 Å². The Balaban J connectivity index is 1.69. The molecule has 0 radical (unpaired) electrons. The first-order valence-electron chi connectivity index (χ1n) is 10.2. The lowest BCUT2D eigenvalue weighted by molar-refractivity contribution is -0.386. The van der Waals surface area contributed by atoms with E-state index < -0.39 is 5.66 Å². The molecule has 3 N–H and O–H groups in total. The van der Waals surface area contributed by atoms with Gasteiger partial charge in [-0.05, 0) is 25.1 Å². The molecule has 0 spiro atoms. The zero-order valence-electron chi connectivity index (χ0n) is 17.5. The molecule has 2 aliphatic rings. The highest BCUT2D eigenvalue weighted by molar-refractivity contribution is 5.99. The number of methoxy groups -OCH3 is 1. The Bertz CT molecular complexity index is 1170. The number of amides is 2. The van der Waals surface area contributed by atoms with Gasteiger partial charge in [0.2, 0.25) is 0 Å². The highest BCUT2D eigenvalue weighted by atomic mass is 16.5. The smallest absolute Gasteiger partial charge is 0.272 e. The third-order valence-corrected chi connectivity index (χ3v) is 6.32. The van der Waals surface area contributed by atoms with Gasteiger partial charge in [-0.25, -0.2) is 0 Å². The highest BCUT2D eigenvalue weighted by Crippen LogP contribution is 2.44. The Morgan fingerprint density at radius 2 is 2.06 bits per heavy atom. The third-order valence-electron chi connectivity index (χ3n) is 6.32. The Hall–Kier alpha value is -3.59. The number of quaternary nitrogens is 1. The summed E-state index contributed by atoms with van der Waals surface area (Å²) < 4.78 is 12.3. The van der Waals surface area contributed by atoms with Crippen molar-refractivity contribution in [2.24, 2.45) is 0 Å². The van der Waals surface area contributed by atoms with Crippen molar-refractivity contribution in [2.75, 3.05) is 20.2 Å². The molecule has 0 saturated carbocycles. The summed E-state index contributed by atoms with van der Waals surface area (Å²) in [7, 11) is 1.61. The van der Waals surface area contributed by atoms with Crippen LogP contribution in [-0.2, 0) is 18.8 Å². The van der Waals surface area contributed by atoms with Gasteiger partial charge in [-0.3, -0.25) is 9.59 Å². The molecule has 1 fully saturated rings. The average molecular weight is 422 g/mol. The molecule has 0 aliphatic carbocycles. The van der Waals surface area contributed by atoms with Gasteiger partial charge in [0.25, 0.3) is 11.8 Å². The number of aromatic nitrogens is 2. The lowest BCUT2D eigenvalue weighted by Gasteiger charge is -2.47. The summed E-state index contributed by atoms with van der Waals surface area (Å²) in [5.41, 5.74) is 6.36. The van der Waals surface area contributed by atoms with Gasteiger partial charge in [-0.15, -0.1) is 0 Å². The molecule has 5 rings (SSSR count). The van der Waals surface area contributed by atoms with Crippen molar-refractivity contribution < 1.29 is 24.6 Å². The molecule has 9 heteroatoms. The van der Waals surface area contributed by atoms with Crippen LogP contribution >= 0.6 is 0 Å². The van der Waals surface area contributed by atoms with Gasteiger partial charge in [0.1, 0.15) is 29.8 Å². The molecule has 9 nitrogen and oxygen atoms in total. The van der Waals surface area contributed by atoms with E-state index in [0.29, 0.717) is 48.9 Å². The van der Waals surface area contributed by atoms with Crippen molar-refractivity contribution in [3.8, 4) is 5.75 Å². The predicted octanol–water partition coefficient (Wildman–Crippen LogP) is 1.000. The van der Waals surface area contributed by atoms with Crippen LogP contribution in [0.3, 0.4) is 0 Å². The van der Waals surface area contributed by atoms with Gasteiger partial charge in [0.15, 0.2) is 5.66 Å². The number of rotatable bonds is 4. The summed E-state index contributed by atoms with van der Waals surface area (Å²) in [5.74, 6) is 0.401. The molecular formula is C22H24N5O4+. The van der Waals surface area contributed by atoms with Gasteiger partial charge in [0.05, 0.1) is 19.3 Å². The van der Waals surface area contributed by atoms with Crippen LogP contribution in [-0.4, -0.2) is 51.5 Å². The molecule has 1 atom stereocenters. The van der Waals surface area contributed by atoms with Crippen molar-refractivity contribution >= 4 is 11.8 Å². The van der Waals surface area contributed by atoms with Crippen LogP contribution < -0.4 is 10.5 Å². The topological polar surface area (TPSA) is 108 Å². The van der Waals surface area contributed by atoms with E-state index in [9.17, 15) is 9.59 Å². The second-order valence-electron chi connectivity index (χ2n) is 7.88. The lowest BCUT2D eigenvalue weighted by Crippen LogP contribution is -2.60. The summed E-state index contributed by atoms with van der Waals surface area (Å²) in [6, 6.07) is 9.43. The SMILES string of the molecule is COc1ccc(C23Cn4cc(C[NH3+])cc4C(=O)N2CCN3C(=O)c2conc2C)cc1. The zero-order chi connectivity index (χ0) is 21.8. The first kappa shape index (κ1) is 19.4. The molecule has 2 aromatic heterocycles. The number of ether oxygens (including phenoxy) is 1. The molecule has 0 bridgehead atoms. The van der Waals surface area contributed by atoms with E-state index in [-0.39, 0.29) is 11.8 Å². The lowest BCUT2D eigenvalue weighted by atomic mass is 9.93. The number of aryl methyl sites for hydroxylation is 1. The van der Waals surface area contributed by atoms with Gasteiger partial charge >= 0.3 is 0 Å². The molecule has 3 aromatic rings. The number of carbonyl (C=O) groups is 2. The Kier molecular flexibility index (Phi) is 4.37. The monoisotopic (exact) mass is 422 g/mol. The predicted molar refractivity (Wildman–Crippen MR) is 109 cm³/mol. The van der Waals surface area contributed by atoms with Crippen molar-refractivity contribution in [2.45, 2.75) is 25.7 Å². The zero-order valence-corrected chi connectivity index (χ0v) is 17.5. The van der Waals surface area contributed by atoms with Crippen LogP contribution in [0.1, 0.15) is 37.7 Å². The molecule has 1 unspecified atom stereocenters. The Morgan fingerprint density at radius 1 is 1.29 bits per heavy atom. The molecule has 160 valence electrons. The van der Waals surface area contributed by atoms with E-state index in [4.69, 9.17) is 9.26 Å². The second-order valence-corrected chi connectivity index (χ2v) is 7.88. The number of benzene rings is 1. The quantitative estimate of drug-likeness (QED) is 0.675. The van der Waals surface area contributed by atoms with E-state index in [0.717, 1.165) is 11.1 Å². The van der Waals surface area contributed by atoms with Gasteiger partial charge in [-0.1, -0.05) is 17.3 Å². The van der Waals surface area contributed by atoms with E-state index in [1.165, 1.54) is 6.26 Å². The number of hydrogen-bond donors (Lipinski definition) is 1. The second kappa shape index (κ2) is 6.98. The Labute approximate surface area is 178 Å². The van der Waals surface area contributed by atoms with Gasteiger partial charge in [0, 0.05) is 30.4 Å². The minimum atomic E-state index is -0.964. The first-order valence-corrected chi connectivity index (χ1v) is 10.2. The van der Waals surface area contributed by atoms with Gasteiger partial charge < -0.3 is 29.4 Å². The van der Waals surface area contributed by atoms with E-state index >= 15 is 0 Å². The van der Waals surface area contributed by atoms with Gasteiger partial charge in [-0.2, -0.15) is 0 Å². The van der Waals surface area contributed by atoms with Crippen LogP contribution in [0.15, 0.2) is 47.3 Å². The fourth-order valence-electron chi connectivity index (χ4n) is 4.72. The van der Waals surface area contributed by atoms with Crippen molar-refractivity contribution in [3.05, 3.63) is 70.9 Å². The fourth-order valence-corrected chi connectivity index (χ4v) is 4.72.